The van der Waals surface area contributed by atoms with E-state index in [0.717, 1.165) is 36.7 Å². The molecule has 1 heterocycles. The van der Waals surface area contributed by atoms with Gasteiger partial charge in [-0.05, 0) is 23.3 Å². The highest BCUT2D eigenvalue weighted by atomic mass is 32.1. The van der Waals surface area contributed by atoms with Crippen molar-refractivity contribution in [1.82, 2.24) is 9.80 Å². The number of thiocarbonyl (C=S) groups is 1. The lowest BCUT2D eigenvalue weighted by molar-refractivity contribution is 0.152. The van der Waals surface area contributed by atoms with Crippen LogP contribution in [0.1, 0.15) is 22.7 Å². The Morgan fingerprint density at radius 3 is 1.86 bits per heavy atom. The minimum absolute atomic E-state index is 0.249. The molecule has 0 saturated carbocycles. The van der Waals surface area contributed by atoms with E-state index < -0.39 is 0 Å². The van der Waals surface area contributed by atoms with E-state index in [1.165, 1.54) is 11.1 Å². The number of piperazine rings is 1. The third-order valence-electron chi connectivity index (χ3n) is 5.29. The summed E-state index contributed by atoms with van der Waals surface area (Å²) in [6.07, 6.45) is 0. The van der Waals surface area contributed by atoms with Crippen LogP contribution >= 0.6 is 12.2 Å². The molecule has 1 saturated heterocycles. The fourth-order valence-corrected chi connectivity index (χ4v) is 4.20. The number of aromatic hydroxyl groups is 1. The highest BCUT2D eigenvalue weighted by Gasteiger charge is 2.27. The summed E-state index contributed by atoms with van der Waals surface area (Å²) in [6, 6.07) is 28.9. The van der Waals surface area contributed by atoms with Crippen LogP contribution in [-0.4, -0.2) is 46.1 Å². The summed E-state index contributed by atoms with van der Waals surface area (Å²) in [5.41, 5.74) is 3.54. The van der Waals surface area contributed by atoms with E-state index in [1.54, 1.807) is 12.1 Å². The van der Waals surface area contributed by atoms with Gasteiger partial charge in [-0.1, -0.05) is 85.0 Å². The normalized spacial score (nSPS) is 15.0. The minimum Gasteiger partial charge on any atom is -0.508 e. The molecule has 3 aromatic carbocycles. The molecular formula is C24H24N2OS. The van der Waals surface area contributed by atoms with Gasteiger partial charge in [-0.15, -0.1) is 0 Å². The van der Waals surface area contributed by atoms with Crippen molar-refractivity contribution in [3.05, 3.63) is 102 Å². The monoisotopic (exact) mass is 388 g/mol. The first-order valence-corrected chi connectivity index (χ1v) is 10.1. The van der Waals surface area contributed by atoms with Gasteiger partial charge in [0.15, 0.2) is 0 Å². The first kappa shape index (κ1) is 18.7. The predicted molar refractivity (Wildman–Crippen MR) is 118 cm³/mol. The summed E-state index contributed by atoms with van der Waals surface area (Å²) < 4.78 is 0. The second-order valence-electron chi connectivity index (χ2n) is 7.10. The van der Waals surface area contributed by atoms with Crippen molar-refractivity contribution in [3.8, 4) is 5.75 Å². The molecule has 0 bridgehead atoms. The van der Waals surface area contributed by atoms with E-state index in [2.05, 4.69) is 70.5 Å². The van der Waals surface area contributed by atoms with E-state index in [0.29, 0.717) is 0 Å². The summed E-state index contributed by atoms with van der Waals surface area (Å²) in [6.45, 7) is 3.64. The molecule has 0 unspecified atom stereocenters. The molecule has 4 heteroatoms. The standard InChI is InChI=1S/C24H24N2OS/c27-22-13-7-12-21(18-22)24(28)26-16-14-25(15-17-26)23(19-8-3-1-4-9-19)20-10-5-2-6-11-20/h1-13,18,23,27H,14-17H2. The van der Waals surface area contributed by atoms with Gasteiger partial charge < -0.3 is 10.0 Å². The number of phenolic OH excluding ortho intramolecular Hbond substituents is 1. The average molecular weight is 389 g/mol. The highest BCUT2D eigenvalue weighted by molar-refractivity contribution is 7.80. The van der Waals surface area contributed by atoms with Gasteiger partial charge in [0.25, 0.3) is 0 Å². The van der Waals surface area contributed by atoms with Crippen molar-refractivity contribution in [1.29, 1.82) is 0 Å². The Bertz CT molecular complexity index is 882. The lowest BCUT2D eigenvalue weighted by atomic mass is 9.96. The quantitative estimate of drug-likeness (QED) is 0.667. The van der Waals surface area contributed by atoms with Gasteiger partial charge in [-0.3, -0.25) is 4.90 Å². The van der Waals surface area contributed by atoms with Crippen LogP contribution in [0, 0.1) is 0 Å². The van der Waals surface area contributed by atoms with E-state index >= 15 is 0 Å². The third kappa shape index (κ3) is 4.08. The smallest absolute Gasteiger partial charge is 0.116 e. The van der Waals surface area contributed by atoms with E-state index in [-0.39, 0.29) is 11.8 Å². The number of phenols is 1. The molecule has 1 aliphatic rings. The molecule has 0 aromatic heterocycles. The van der Waals surface area contributed by atoms with Crippen molar-refractivity contribution < 1.29 is 5.11 Å². The minimum atomic E-state index is 0.249. The summed E-state index contributed by atoms with van der Waals surface area (Å²) in [5, 5.41) is 9.74. The van der Waals surface area contributed by atoms with Crippen LogP contribution in [0.25, 0.3) is 0 Å². The van der Waals surface area contributed by atoms with Gasteiger partial charge >= 0.3 is 0 Å². The maximum atomic E-state index is 9.74. The van der Waals surface area contributed by atoms with E-state index in [9.17, 15) is 5.11 Å². The maximum Gasteiger partial charge on any atom is 0.116 e. The second-order valence-corrected chi connectivity index (χ2v) is 7.49. The van der Waals surface area contributed by atoms with Crippen LogP contribution in [-0.2, 0) is 0 Å². The summed E-state index contributed by atoms with van der Waals surface area (Å²) in [4.78, 5) is 5.59. The summed E-state index contributed by atoms with van der Waals surface area (Å²) >= 11 is 5.69. The molecule has 142 valence electrons. The van der Waals surface area contributed by atoms with Gasteiger partial charge in [-0.25, -0.2) is 0 Å². The van der Waals surface area contributed by atoms with Crippen LogP contribution in [0.15, 0.2) is 84.9 Å². The van der Waals surface area contributed by atoms with Crippen LogP contribution in [0.3, 0.4) is 0 Å². The van der Waals surface area contributed by atoms with Crippen molar-refractivity contribution in [2.24, 2.45) is 0 Å². The molecule has 0 spiro atoms. The highest BCUT2D eigenvalue weighted by Crippen LogP contribution is 2.29. The van der Waals surface area contributed by atoms with Crippen LogP contribution in [0.2, 0.25) is 0 Å². The Kier molecular flexibility index (Phi) is 5.70. The Hall–Kier alpha value is -2.69. The van der Waals surface area contributed by atoms with E-state index in [4.69, 9.17) is 12.2 Å². The Balaban J connectivity index is 1.51. The van der Waals surface area contributed by atoms with Crippen molar-refractivity contribution in [2.45, 2.75) is 6.04 Å². The van der Waals surface area contributed by atoms with Crippen LogP contribution in [0.5, 0.6) is 5.75 Å². The molecule has 4 rings (SSSR count). The Labute approximate surface area is 171 Å². The molecule has 3 aromatic rings. The number of hydrogen-bond donors (Lipinski definition) is 1. The summed E-state index contributed by atoms with van der Waals surface area (Å²) in [7, 11) is 0. The van der Waals surface area contributed by atoms with Crippen LogP contribution < -0.4 is 0 Å². The van der Waals surface area contributed by atoms with Gasteiger partial charge in [0.2, 0.25) is 0 Å². The third-order valence-corrected chi connectivity index (χ3v) is 5.78. The van der Waals surface area contributed by atoms with Crippen molar-refractivity contribution in [2.75, 3.05) is 26.2 Å². The fraction of sp³-hybridized carbons (Fsp3) is 0.208. The molecule has 1 fully saturated rings. The van der Waals surface area contributed by atoms with Crippen LogP contribution in [0.4, 0.5) is 0 Å². The van der Waals surface area contributed by atoms with Gasteiger partial charge in [-0.2, -0.15) is 0 Å². The molecule has 1 N–H and O–H groups in total. The lowest BCUT2D eigenvalue weighted by Crippen LogP contribution is -2.49. The number of hydrogen-bond acceptors (Lipinski definition) is 3. The maximum absolute atomic E-state index is 9.74. The zero-order chi connectivity index (χ0) is 19.3. The molecule has 0 amide bonds. The lowest BCUT2D eigenvalue weighted by Gasteiger charge is -2.40. The molecule has 0 atom stereocenters. The SMILES string of the molecule is Oc1cccc(C(=S)N2CCN(C(c3ccccc3)c3ccccc3)CC2)c1. The zero-order valence-corrected chi connectivity index (χ0v) is 16.6. The van der Waals surface area contributed by atoms with Crippen molar-refractivity contribution >= 4 is 17.2 Å². The Morgan fingerprint density at radius 2 is 1.32 bits per heavy atom. The average Bonchev–Trinajstić information content (AvgIpc) is 2.75. The Morgan fingerprint density at radius 1 is 0.750 bits per heavy atom. The molecule has 0 aliphatic carbocycles. The zero-order valence-electron chi connectivity index (χ0n) is 15.7. The van der Waals surface area contributed by atoms with E-state index in [1.807, 2.05) is 12.1 Å². The fourth-order valence-electron chi connectivity index (χ4n) is 3.89. The molecule has 28 heavy (non-hydrogen) atoms. The summed E-state index contributed by atoms with van der Waals surface area (Å²) in [5.74, 6) is 0.256. The molecule has 1 aliphatic heterocycles. The first-order valence-electron chi connectivity index (χ1n) is 9.64. The van der Waals surface area contributed by atoms with Gasteiger partial charge in [0, 0.05) is 31.7 Å². The first-order chi connectivity index (χ1) is 13.7. The van der Waals surface area contributed by atoms with Crippen molar-refractivity contribution in [3.63, 3.8) is 0 Å². The number of benzene rings is 3. The predicted octanol–water partition coefficient (Wildman–Crippen LogP) is 4.47. The molecule has 3 nitrogen and oxygen atoms in total. The molecule has 0 radical (unpaired) electrons. The molecular weight excluding hydrogens is 364 g/mol. The van der Waals surface area contributed by atoms with Gasteiger partial charge in [0.1, 0.15) is 10.7 Å². The number of nitrogens with zero attached hydrogens (tertiary/aromatic N) is 2. The number of rotatable bonds is 4. The van der Waals surface area contributed by atoms with Gasteiger partial charge in [0.05, 0.1) is 6.04 Å². The largest absolute Gasteiger partial charge is 0.508 e. The second kappa shape index (κ2) is 8.55. The topological polar surface area (TPSA) is 26.7 Å².